The number of hydrogen-bond donors (Lipinski definition) is 1. The number of hydrogen-bond acceptors (Lipinski definition) is 4. The molecule has 1 unspecified atom stereocenters. The van der Waals surface area contributed by atoms with Crippen LogP contribution >= 0.6 is 0 Å². The van der Waals surface area contributed by atoms with Crippen LogP contribution in [0.25, 0.3) is 0 Å². The van der Waals surface area contributed by atoms with Gasteiger partial charge in [0.25, 0.3) is 0 Å². The summed E-state index contributed by atoms with van der Waals surface area (Å²) in [5, 5.41) is 2.97. The van der Waals surface area contributed by atoms with E-state index >= 15 is 0 Å². The topological polar surface area (TPSA) is 61.9 Å². The molecule has 24 heavy (non-hydrogen) atoms. The van der Waals surface area contributed by atoms with Gasteiger partial charge in [0.15, 0.2) is 0 Å². The van der Waals surface area contributed by atoms with Gasteiger partial charge in [0.05, 0.1) is 17.4 Å². The number of nitrogens with one attached hydrogen (secondary N) is 1. The van der Waals surface area contributed by atoms with E-state index < -0.39 is 5.60 Å². The predicted octanol–water partition coefficient (Wildman–Crippen LogP) is 2.76. The molecule has 6 nitrogen and oxygen atoms in total. The highest BCUT2D eigenvalue weighted by molar-refractivity contribution is 5.97. The molecule has 1 N–H and O–H groups in total. The summed E-state index contributed by atoms with van der Waals surface area (Å²) in [6.07, 6.45) is 0.0591. The van der Waals surface area contributed by atoms with Crippen molar-refractivity contribution in [3.8, 4) is 0 Å². The van der Waals surface area contributed by atoms with Gasteiger partial charge in [-0.3, -0.25) is 4.79 Å². The molecular formula is C18H25N3O3. The summed E-state index contributed by atoms with van der Waals surface area (Å²) in [6.45, 7) is 9.40. The van der Waals surface area contributed by atoms with E-state index in [1.165, 1.54) is 0 Å². The number of anilines is 2. The smallest absolute Gasteiger partial charge is 0.410 e. The Morgan fingerprint density at radius 1 is 1.29 bits per heavy atom. The fourth-order valence-corrected chi connectivity index (χ4v) is 3.24. The highest BCUT2D eigenvalue weighted by Gasteiger charge is 2.35. The number of aryl methyl sites for hydroxylation is 1. The highest BCUT2D eigenvalue weighted by Crippen LogP contribution is 2.34. The second-order valence-electron chi connectivity index (χ2n) is 7.55. The Hall–Kier alpha value is -2.24. The number of ether oxygens (including phenoxy) is 1. The maximum atomic E-state index is 12.3. The van der Waals surface area contributed by atoms with Crippen LogP contribution in [0.2, 0.25) is 0 Å². The van der Waals surface area contributed by atoms with Crippen molar-refractivity contribution in [3.05, 3.63) is 23.8 Å². The minimum absolute atomic E-state index is 0.0151. The molecule has 2 aliphatic heterocycles. The lowest BCUT2D eigenvalue weighted by atomic mass is 10.1. The van der Waals surface area contributed by atoms with Crippen molar-refractivity contribution < 1.29 is 14.3 Å². The molecule has 2 amide bonds. The Morgan fingerprint density at radius 2 is 2.04 bits per heavy atom. The van der Waals surface area contributed by atoms with E-state index in [0.29, 0.717) is 26.1 Å². The lowest BCUT2D eigenvalue weighted by Gasteiger charge is -2.42. The third-order valence-corrected chi connectivity index (χ3v) is 4.29. The van der Waals surface area contributed by atoms with Crippen LogP contribution in [0.1, 0.15) is 32.8 Å². The number of amides is 2. The first kappa shape index (κ1) is 16.6. The maximum absolute atomic E-state index is 12.3. The Labute approximate surface area is 142 Å². The van der Waals surface area contributed by atoms with Crippen LogP contribution in [0.15, 0.2) is 18.2 Å². The molecular weight excluding hydrogens is 306 g/mol. The SMILES string of the molecule is Cc1ccc2c(c1)N1CCN(C(=O)OC(C)(C)C)CC1CC(=O)N2. The molecule has 0 aromatic heterocycles. The first-order valence-corrected chi connectivity index (χ1v) is 8.38. The van der Waals surface area contributed by atoms with Crippen molar-refractivity contribution in [2.75, 3.05) is 29.9 Å². The molecule has 0 bridgehead atoms. The van der Waals surface area contributed by atoms with Gasteiger partial charge in [-0.15, -0.1) is 0 Å². The van der Waals surface area contributed by atoms with Gasteiger partial charge < -0.3 is 19.9 Å². The van der Waals surface area contributed by atoms with Crippen LogP contribution in [-0.2, 0) is 9.53 Å². The molecule has 6 heteroatoms. The number of fused-ring (bicyclic) bond motifs is 3. The third kappa shape index (κ3) is 3.47. The Kier molecular flexibility index (Phi) is 4.15. The minimum Gasteiger partial charge on any atom is -0.444 e. The second-order valence-corrected chi connectivity index (χ2v) is 7.55. The predicted molar refractivity (Wildman–Crippen MR) is 93.4 cm³/mol. The molecule has 3 rings (SSSR count). The van der Waals surface area contributed by atoms with Crippen LogP contribution in [-0.4, -0.2) is 48.2 Å². The Bertz CT molecular complexity index is 666. The molecule has 1 aromatic carbocycles. The third-order valence-electron chi connectivity index (χ3n) is 4.29. The van der Waals surface area contributed by atoms with Crippen molar-refractivity contribution in [2.45, 2.75) is 45.8 Å². The number of rotatable bonds is 0. The van der Waals surface area contributed by atoms with Crippen molar-refractivity contribution in [2.24, 2.45) is 0 Å². The van der Waals surface area contributed by atoms with Gasteiger partial charge in [-0.1, -0.05) is 6.07 Å². The molecule has 0 aliphatic carbocycles. The average molecular weight is 331 g/mol. The summed E-state index contributed by atoms with van der Waals surface area (Å²) < 4.78 is 5.47. The fraction of sp³-hybridized carbons (Fsp3) is 0.556. The summed E-state index contributed by atoms with van der Waals surface area (Å²) in [6, 6.07) is 6.01. The van der Waals surface area contributed by atoms with Gasteiger partial charge in [-0.2, -0.15) is 0 Å². The van der Waals surface area contributed by atoms with Crippen molar-refractivity contribution >= 4 is 23.4 Å². The molecule has 2 heterocycles. The van der Waals surface area contributed by atoms with E-state index in [1.807, 2.05) is 39.8 Å². The van der Waals surface area contributed by atoms with Crippen molar-refractivity contribution in [1.29, 1.82) is 0 Å². The van der Waals surface area contributed by atoms with Gasteiger partial charge >= 0.3 is 6.09 Å². The summed E-state index contributed by atoms with van der Waals surface area (Å²) in [7, 11) is 0. The van der Waals surface area contributed by atoms with E-state index in [9.17, 15) is 9.59 Å². The lowest BCUT2D eigenvalue weighted by Crippen LogP contribution is -2.55. The number of benzene rings is 1. The lowest BCUT2D eigenvalue weighted by molar-refractivity contribution is -0.116. The fourth-order valence-electron chi connectivity index (χ4n) is 3.24. The molecule has 0 radical (unpaired) electrons. The first-order valence-electron chi connectivity index (χ1n) is 8.38. The van der Waals surface area contributed by atoms with Gasteiger partial charge in [0, 0.05) is 26.1 Å². The summed E-state index contributed by atoms with van der Waals surface area (Å²) in [5.41, 5.74) is 2.52. The molecule has 1 atom stereocenters. The quantitative estimate of drug-likeness (QED) is 0.794. The molecule has 2 aliphatic rings. The monoisotopic (exact) mass is 331 g/mol. The zero-order valence-electron chi connectivity index (χ0n) is 14.8. The molecule has 0 saturated carbocycles. The minimum atomic E-state index is -0.515. The van der Waals surface area contributed by atoms with Crippen LogP contribution in [0.4, 0.5) is 16.2 Å². The number of piperazine rings is 1. The molecule has 0 spiro atoms. The number of carbonyl (C=O) groups is 2. The van der Waals surface area contributed by atoms with Gasteiger partial charge in [-0.05, 0) is 45.4 Å². The van der Waals surface area contributed by atoms with Crippen LogP contribution in [0, 0.1) is 6.92 Å². The van der Waals surface area contributed by atoms with E-state index in [4.69, 9.17) is 4.74 Å². The van der Waals surface area contributed by atoms with Gasteiger partial charge in [0.1, 0.15) is 5.60 Å². The molecule has 1 fully saturated rings. The summed E-state index contributed by atoms with van der Waals surface area (Å²) in [5.74, 6) is -0.0151. The summed E-state index contributed by atoms with van der Waals surface area (Å²) >= 11 is 0. The average Bonchev–Trinajstić information content (AvgIpc) is 2.60. The number of nitrogens with zero attached hydrogens (tertiary/aromatic N) is 2. The van der Waals surface area contributed by atoms with E-state index in [1.54, 1.807) is 4.90 Å². The molecule has 1 aromatic rings. The van der Waals surface area contributed by atoms with Crippen molar-refractivity contribution in [1.82, 2.24) is 4.90 Å². The molecule has 130 valence electrons. The van der Waals surface area contributed by atoms with Crippen LogP contribution < -0.4 is 10.2 Å². The van der Waals surface area contributed by atoms with Crippen LogP contribution in [0.3, 0.4) is 0 Å². The maximum Gasteiger partial charge on any atom is 0.410 e. The van der Waals surface area contributed by atoms with E-state index in [0.717, 1.165) is 16.9 Å². The molecule has 1 saturated heterocycles. The second kappa shape index (κ2) is 6.00. The van der Waals surface area contributed by atoms with Gasteiger partial charge in [-0.25, -0.2) is 4.79 Å². The van der Waals surface area contributed by atoms with Crippen LogP contribution in [0.5, 0.6) is 0 Å². The van der Waals surface area contributed by atoms with Crippen molar-refractivity contribution in [3.63, 3.8) is 0 Å². The van der Waals surface area contributed by atoms with Gasteiger partial charge in [0.2, 0.25) is 5.91 Å². The number of carbonyl (C=O) groups excluding carboxylic acids is 2. The zero-order valence-corrected chi connectivity index (χ0v) is 14.8. The highest BCUT2D eigenvalue weighted by atomic mass is 16.6. The Morgan fingerprint density at radius 3 is 2.75 bits per heavy atom. The largest absolute Gasteiger partial charge is 0.444 e. The van der Waals surface area contributed by atoms with E-state index in [-0.39, 0.29) is 18.0 Å². The summed E-state index contributed by atoms with van der Waals surface area (Å²) in [4.78, 5) is 28.5. The first-order chi connectivity index (χ1) is 11.2. The zero-order chi connectivity index (χ0) is 17.5. The standard InChI is InChI=1S/C18H25N3O3/c1-12-5-6-14-15(9-12)21-8-7-20(17(23)24-18(2,3)4)11-13(21)10-16(22)19-14/h5-6,9,13H,7-8,10-11H2,1-4H3,(H,19,22). The Balaban J connectivity index is 1.82. The van der Waals surface area contributed by atoms with E-state index in [2.05, 4.69) is 16.3 Å². The normalized spacial score (nSPS) is 20.7.